The Morgan fingerprint density at radius 3 is 2.57 bits per heavy atom. The molecule has 6 heteroatoms. The third-order valence-corrected chi connectivity index (χ3v) is 5.01. The fourth-order valence-corrected chi connectivity index (χ4v) is 3.90. The minimum Gasteiger partial charge on any atom is -0.390 e. The lowest BCUT2D eigenvalue weighted by molar-refractivity contribution is 0.144. The monoisotopic (exact) mass is 376 g/mol. The standard InChI is InChI=1S/C22H24N4O2/c1-13-8-14(2)10-17(9-13)26-20(11-15(3)25-26)23-22(28)24-21-18-7-5-4-6-16(18)12-19(21)27/h4-11,19,21,27H,12H2,1-3H3,(H2,23,24,28)/t19-,21+/m1/s1. The number of hydrogen-bond donors (Lipinski definition) is 3. The Balaban J connectivity index is 1.56. The normalized spacial score (nSPS) is 18.0. The van der Waals surface area contributed by atoms with E-state index in [9.17, 15) is 9.90 Å². The van der Waals surface area contributed by atoms with Crippen LogP contribution >= 0.6 is 0 Å². The highest BCUT2D eigenvalue weighted by Crippen LogP contribution is 2.31. The molecule has 0 saturated heterocycles. The van der Waals surface area contributed by atoms with E-state index < -0.39 is 12.1 Å². The topological polar surface area (TPSA) is 79.2 Å². The Bertz CT molecular complexity index is 1020. The Labute approximate surface area is 164 Å². The van der Waals surface area contributed by atoms with Crippen molar-refractivity contribution in [3.63, 3.8) is 0 Å². The van der Waals surface area contributed by atoms with Crippen LogP contribution < -0.4 is 10.6 Å². The molecule has 1 aromatic heterocycles. The maximum absolute atomic E-state index is 12.7. The van der Waals surface area contributed by atoms with E-state index in [4.69, 9.17) is 0 Å². The number of carbonyl (C=O) groups is 1. The van der Waals surface area contributed by atoms with E-state index >= 15 is 0 Å². The SMILES string of the molecule is Cc1cc(C)cc(-n2nc(C)cc2NC(=O)N[C@H]2c3ccccc3C[C@H]2O)c1. The second kappa shape index (κ2) is 7.13. The number of aliphatic hydroxyl groups is 1. The number of benzene rings is 2. The molecule has 0 spiro atoms. The molecule has 0 aliphatic heterocycles. The molecule has 1 heterocycles. The van der Waals surface area contributed by atoms with Gasteiger partial charge in [-0.1, -0.05) is 30.3 Å². The summed E-state index contributed by atoms with van der Waals surface area (Å²) in [5.41, 5.74) is 5.99. The number of carbonyl (C=O) groups excluding carboxylic acids is 1. The van der Waals surface area contributed by atoms with E-state index in [0.29, 0.717) is 12.2 Å². The summed E-state index contributed by atoms with van der Waals surface area (Å²) in [6, 6.07) is 15.0. The van der Waals surface area contributed by atoms with E-state index in [-0.39, 0.29) is 6.03 Å². The van der Waals surface area contributed by atoms with Crippen LogP contribution in [0, 0.1) is 20.8 Å². The van der Waals surface area contributed by atoms with Crippen molar-refractivity contribution >= 4 is 11.8 Å². The fraction of sp³-hybridized carbons (Fsp3) is 0.273. The predicted octanol–water partition coefficient (Wildman–Crippen LogP) is 3.58. The number of fused-ring (bicyclic) bond motifs is 1. The quantitative estimate of drug-likeness (QED) is 0.654. The lowest BCUT2D eigenvalue weighted by Crippen LogP contribution is -2.37. The van der Waals surface area contributed by atoms with Crippen LogP contribution in [0.15, 0.2) is 48.5 Å². The van der Waals surface area contributed by atoms with Crippen molar-refractivity contribution in [2.45, 2.75) is 39.3 Å². The number of aliphatic hydroxyl groups excluding tert-OH is 1. The zero-order chi connectivity index (χ0) is 19.8. The molecule has 28 heavy (non-hydrogen) atoms. The van der Waals surface area contributed by atoms with Gasteiger partial charge in [0.05, 0.1) is 23.5 Å². The summed E-state index contributed by atoms with van der Waals surface area (Å²) in [4.78, 5) is 12.7. The van der Waals surface area contributed by atoms with E-state index in [2.05, 4.69) is 21.8 Å². The second-order valence-electron chi connectivity index (χ2n) is 7.48. The zero-order valence-corrected chi connectivity index (χ0v) is 16.2. The molecule has 0 bridgehead atoms. The van der Waals surface area contributed by atoms with Gasteiger partial charge in [-0.05, 0) is 55.2 Å². The Hall–Kier alpha value is -3.12. The van der Waals surface area contributed by atoms with Crippen LogP contribution in [0.5, 0.6) is 0 Å². The first-order valence-corrected chi connectivity index (χ1v) is 9.39. The van der Waals surface area contributed by atoms with E-state index in [0.717, 1.165) is 33.6 Å². The van der Waals surface area contributed by atoms with Gasteiger partial charge in [0.1, 0.15) is 5.82 Å². The molecule has 2 atom stereocenters. The van der Waals surface area contributed by atoms with Crippen molar-refractivity contribution in [2.75, 3.05) is 5.32 Å². The minimum absolute atomic E-state index is 0.369. The summed E-state index contributed by atoms with van der Waals surface area (Å²) in [5, 5.41) is 20.7. The van der Waals surface area contributed by atoms with Gasteiger partial charge >= 0.3 is 6.03 Å². The van der Waals surface area contributed by atoms with Crippen LogP contribution in [0.3, 0.4) is 0 Å². The van der Waals surface area contributed by atoms with Crippen molar-refractivity contribution in [2.24, 2.45) is 0 Å². The van der Waals surface area contributed by atoms with E-state index in [1.165, 1.54) is 0 Å². The third-order valence-electron chi connectivity index (χ3n) is 5.01. The summed E-state index contributed by atoms with van der Waals surface area (Å²) < 4.78 is 1.73. The molecule has 0 saturated carbocycles. The number of urea groups is 1. The molecule has 0 radical (unpaired) electrons. The van der Waals surface area contributed by atoms with E-state index in [1.54, 1.807) is 4.68 Å². The van der Waals surface area contributed by atoms with E-state index in [1.807, 2.05) is 63.2 Å². The van der Waals surface area contributed by atoms with Crippen LogP contribution in [0.25, 0.3) is 5.69 Å². The van der Waals surface area contributed by atoms with Gasteiger partial charge in [-0.15, -0.1) is 0 Å². The smallest absolute Gasteiger partial charge is 0.320 e. The molecule has 1 aliphatic rings. The van der Waals surface area contributed by atoms with Gasteiger partial charge in [0.25, 0.3) is 0 Å². The molecular formula is C22H24N4O2. The molecular weight excluding hydrogens is 352 g/mol. The third kappa shape index (κ3) is 3.51. The average Bonchev–Trinajstić information content (AvgIpc) is 3.14. The van der Waals surface area contributed by atoms with Crippen molar-refractivity contribution < 1.29 is 9.90 Å². The Morgan fingerprint density at radius 1 is 1.11 bits per heavy atom. The van der Waals surface area contributed by atoms with Gasteiger partial charge in [0.15, 0.2) is 0 Å². The number of rotatable bonds is 3. The van der Waals surface area contributed by atoms with Crippen LogP contribution in [-0.4, -0.2) is 27.0 Å². The highest BCUT2D eigenvalue weighted by Gasteiger charge is 2.32. The molecule has 6 nitrogen and oxygen atoms in total. The average molecular weight is 376 g/mol. The molecule has 2 amide bonds. The minimum atomic E-state index is -0.630. The number of nitrogens with one attached hydrogen (secondary N) is 2. The van der Waals surface area contributed by atoms with Crippen LogP contribution in [0.2, 0.25) is 0 Å². The van der Waals surface area contributed by atoms with Crippen LogP contribution in [-0.2, 0) is 6.42 Å². The number of aromatic nitrogens is 2. The lowest BCUT2D eigenvalue weighted by atomic mass is 10.1. The van der Waals surface area contributed by atoms with Crippen LogP contribution in [0.4, 0.5) is 10.6 Å². The summed E-state index contributed by atoms with van der Waals surface area (Å²) in [7, 11) is 0. The number of hydrogen-bond acceptors (Lipinski definition) is 3. The zero-order valence-electron chi connectivity index (χ0n) is 16.2. The highest BCUT2D eigenvalue weighted by molar-refractivity contribution is 5.89. The largest absolute Gasteiger partial charge is 0.390 e. The summed E-state index contributed by atoms with van der Waals surface area (Å²) >= 11 is 0. The second-order valence-corrected chi connectivity index (χ2v) is 7.48. The molecule has 2 aromatic carbocycles. The van der Waals surface area contributed by atoms with Gasteiger partial charge in [-0.2, -0.15) is 5.10 Å². The number of anilines is 1. The first-order chi connectivity index (χ1) is 13.4. The van der Waals surface area contributed by atoms with Crippen molar-refractivity contribution in [3.8, 4) is 5.69 Å². The maximum Gasteiger partial charge on any atom is 0.320 e. The van der Waals surface area contributed by atoms with Crippen molar-refractivity contribution in [1.29, 1.82) is 0 Å². The Kier molecular flexibility index (Phi) is 4.65. The lowest BCUT2D eigenvalue weighted by Gasteiger charge is -2.18. The van der Waals surface area contributed by atoms with Crippen LogP contribution in [0.1, 0.15) is 34.0 Å². The first kappa shape index (κ1) is 18.3. The maximum atomic E-state index is 12.7. The number of amides is 2. The van der Waals surface area contributed by atoms with Gasteiger partial charge in [0.2, 0.25) is 0 Å². The number of aryl methyl sites for hydroxylation is 3. The highest BCUT2D eigenvalue weighted by atomic mass is 16.3. The number of nitrogens with zero attached hydrogens (tertiary/aromatic N) is 2. The summed E-state index contributed by atoms with van der Waals surface area (Å²) in [5.74, 6) is 0.584. The molecule has 3 N–H and O–H groups in total. The molecule has 4 rings (SSSR count). The molecule has 144 valence electrons. The van der Waals surface area contributed by atoms with Gasteiger partial charge in [-0.3, -0.25) is 5.32 Å². The van der Waals surface area contributed by atoms with Crippen molar-refractivity contribution in [3.05, 3.63) is 76.5 Å². The fourth-order valence-electron chi connectivity index (χ4n) is 3.90. The van der Waals surface area contributed by atoms with Crippen molar-refractivity contribution in [1.82, 2.24) is 15.1 Å². The molecule has 0 unspecified atom stereocenters. The first-order valence-electron chi connectivity index (χ1n) is 9.39. The van der Waals surface area contributed by atoms with Gasteiger partial charge in [-0.25, -0.2) is 9.48 Å². The Morgan fingerprint density at radius 2 is 1.82 bits per heavy atom. The summed E-state index contributed by atoms with van der Waals surface area (Å²) in [6.07, 6.45) is -0.0880. The van der Waals surface area contributed by atoms with Gasteiger partial charge in [0, 0.05) is 12.5 Å². The molecule has 3 aromatic rings. The van der Waals surface area contributed by atoms with Gasteiger partial charge < -0.3 is 10.4 Å². The molecule has 0 fully saturated rings. The summed E-state index contributed by atoms with van der Waals surface area (Å²) in [6.45, 7) is 5.95. The predicted molar refractivity (Wildman–Crippen MR) is 109 cm³/mol. The molecule has 1 aliphatic carbocycles.